The first kappa shape index (κ1) is 15.2. The van der Waals surface area contributed by atoms with Gasteiger partial charge in [0.05, 0.1) is 12.5 Å². The fourth-order valence-electron chi connectivity index (χ4n) is 4.37. The van der Waals surface area contributed by atoms with Crippen LogP contribution in [0.2, 0.25) is 0 Å². The number of carbonyl (C=O) groups is 1. The lowest BCUT2D eigenvalue weighted by Gasteiger charge is -2.38. The van der Waals surface area contributed by atoms with Crippen molar-refractivity contribution in [3.05, 3.63) is 65.2 Å². The van der Waals surface area contributed by atoms with Crippen LogP contribution in [-0.2, 0) is 17.6 Å². The minimum absolute atomic E-state index is 0.0540. The number of aliphatic carboxylic acids is 1. The first-order chi connectivity index (χ1) is 11.6. The second-order valence-corrected chi connectivity index (χ2v) is 6.85. The van der Waals surface area contributed by atoms with E-state index in [1.165, 1.54) is 11.1 Å². The average molecular weight is 323 g/mol. The number of carboxylic acids is 1. The van der Waals surface area contributed by atoms with Crippen LogP contribution in [0.4, 0.5) is 0 Å². The molecule has 3 unspecified atom stereocenters. The van der Waals surface area contributed by atoms with Gasteiger partial charge in [-0.3, -0.25) is 4.79 Å². The molecule has 2 aliphatic rings. The summed E-state index contributed by atoms with van der Waals surface area (Å²) >= 11 is 0. The molecule has 4 heteroatoms. The lowest BCUT2D eigenvalue weighted by atomic mass is 9.63. The summed E-state index contributed by atoms with van der Waals surface area (Å²) in [5.41, 5.74) is 2.86. The Hall–Kier alpha value is -2.33. The Morgan fingerprint density at radius 1 is 1.17 bits per heavy atom. The number of carboxylic acid groups (broad SMARTS) is 1. The summed E-state index contributed by atoms with van der Waals surface area (Å²) in [6.07, 6.45) is 1.40. The Morgan fingerprint density at radius 3 is 2.54 bits per heavy atom. The van der Waals surface area contributed by atoms with E-state index in [4.69, 9.17) is 4.74 Å². The molecule has 0 amide bonds. The molecular formula is C20H21NO3. The van der Waals surface area contributed by atoms with Gasteiger partial charge in [-0.2, -0.15) is 0 Å². The summed E-state index contributed by atoms with van der Waals surface area (Å²) in [7, 11) is 1.65. The monoisotopic (exact) mass is 323 g/mol. The van der Waals surface area contributed by atoms with Crippen molar-refractivity contribution in [2.24, 2.45) is 11.3 Å². The third-order valence-electron chi connectivity index (χ3n) is 5.71. The number of rotatable bonds is 3. The van der Waals surface area contributed by atoms with Gasteiger partial charge in [-0.1, -0.05) is 36.4 Å². The van der Waals surface area contributed by atoms with Crippen LogP contribution in [0, 0.1) is 11.3 Å². The Morgan fingerprint density at radius 2 is 1.88 bits per heavy atom. The van der Waals surface area contributed by atoms with Crippen LogP contribution < -0.4 is 10.1 Å². The predicted octanol–water partition coefficient (Wildman–Crippen LogP) is 2.83. The molecule has 2 aromatic carbocycles. The average Bonchev–Trinajstić information content (AvgIpc) is 2.99. The topological polar surface area (TPSA) is 58.6 Å². The van der Waals surface area contributed by atoms with Crippen LogP contribution in [0.15, 0.2) is 48.5 Å². The summed E-state index contributed by atoms with van der Waals surface area (Å²) in [5.74, 6) is 0.180. The zero-order chi connectivity index (χ0) is 16.7. The fraction of sp³-hybridized carbons (Fsp3) is 0.350. The molecule has 1 saturated heterocycles. The van der Waals surface area contributed by atoms with Crippen molar-refractivity contribution >= 4 is 5.97 Å². The molecule has 1 heterocycles. The fourth-order valence-corrected chi connectivity index (χ4v) is 4.37. The maximum absolute atomic E-state index is 12.2. The smallest absolute Gasteiger partial charge is 0.311 e. The number of nitrogens with one attached hydrogen (secondary N) is 1. The van der Waals surface area contributed by atoms with Gasteiger partial charge in [0, 0.05) is 18.5 Å². The lowest BCUT2D eigenvalue weighted by molar-refractivity contribution is -0.151. The minimum atomic E-state index is -0.723. The highest BCUT2D eigenvalue weighted by molar-refractivity contribution is 5.77. The number of fused-ring (bicyclic) bond motifs is 2. The van der Waals surface area contributed by atoms with E-state index in [0.29, 0.717) is 13.0 Å². The molecule has 0 aromatic heterocycles. The van der Waals surface area contributed by atoms with Crippen molar-refractivity contribution in [3.8, 4) is 5.75 Å². The molecule has 0 spiro atoms. The molecule has 24 heavy (non-hydrogen) atoms. The number of ether oxygens (including phenoxy) is 1. The molecule has 1 aliphatic heterocycles. The van der Waals surface area contributed by atoms with Crippen LogP contribution in [-0.4, -0.2) is 24.7 Å². The maximum Gasteiger partial charge on any atom is 0.311 e. The van der Waals surface area contributed by atoms with Crippen LogP contribution in [0.5, 0.6) is 5.75 Å². The first-order valence-electron chi connectivity index (χ1n) is 8.31. The summed E-state index contributed by atoms with van der Waals surface area (Å²) < 4.78 is 5.23. The van der Waals surface area contributed by atoms with Crippen molar-refractivity contribution in [2.75, 3.05) is 13.7 Å². The van der Waals surface area contributed by atoms with Crippen molar-refractivity contribution in [2.45, 2.75) is 18.9 Å². The number of hydrogen-bond acceptors (Lipinski definition) is 3. The first-order valence-corrected chi connectivity index (χ1v) is 8.31. The van der Waals surface area contributed by atoms with Crippen molar-refractivity contribution in [3.63, 3.8) is 0 Å². The predicted molar refractivity (Wildman–Crippen MR) is 91.1 cm³/mol. The highest BCUT2D eigenvalue weighted by Gasteiger charge is 2.55. The molecule has 2 aromatic rings. The zero-order valence-electron chi connectivity index (χ0n) is 13.7. The summed E-state index contributed by atoms with van der Waals surface area (Å²) in [6, 6.07) is 16.2. The van der Waals surface area contributed by atoms with E-state index in [9.17, 15) is 9.90 Å². The molecule has 4 nitrogen and oxygen atoms in total. The zero-order valence-corrected chi connectivity index (χ0v) is 13.7. The van der Waals surface area contributed by atoms with Crippen molar-refractivity contribution < 1.29 is 14.6 Å². The normalized spacial score (nSPS) is 28.0. The van der Waals surface area contributed by atoms with Crippen molar-refractivity contribution in [1.29, 1.82) is 0 Å². The molecule has 2 N–H and O–H groups in total. The summed E-state index contributed by atoms with van der Waals surface area (Å²) in [6.45, 7) is 0.512. The van der Waals surface area contributed by atoms with Gasteiger partial charge in [0.2, 0.25) is 0 Å². The molecular weight excluding hydrogens is 302 g/mol. The Kier molecular flexibility index (Phi) is 3.57. The highest BCUT2D eigenvalue weighted by Crippen LogP contribution is 2.50. The van der Waals surface area contributed by atoms with Gasteiger partial charge in [-0.25, -0.2) is 0 Å². The van der Waals surface area contributed by atoms with E-state index in [2.05, 4.69) is 17.4 Å². The van der Waals surface area contributed by atoms with Gasteiger partial charge < -0.3 is 15.2 Å². The lowest BCUT2D eigenvalue weighted by Crippen LogP contribution is -2.44. The summed E-state index contributed by atoms with van der Waals surface area (Å²) in [5, 5.41) is 13.5. The molecule has 1 fully saturated rings. The van der Waals surface area contributed by atoms with Crippen LogP contribution >= 0.6 is 0 Å². The van der Waals surface area contributed by atoms with Gasteiger partial charge >= 0.3 is 5.97 Å². The highest BCUT2D eigenvalue weighted by atomic mass is 16.5. The third kappa shape index (κ3) is 2.21. The van der Waals surface area contributed by atoms with Gasteiger partial charge in [-0.05, 0) is 41.7 Å². The van der Waals surface area contributed by atoms with E-state index in [-0.39, 0.29) is 12.0 Å². The molecule has 0 bridgehead atoms. The van der Waals surface area contributed by atoms with E-state index in [1.807, 2.05) is 36.4 Å². The Balaban J connectivity index is 1.73. The molecule has 124 valence electrons. The van der Waals surface area contributed by atoms with Crippen LogP contribution in [0.25, 0.3) is 0 Å². The van der Waals surface area contributed by atoms with Crippen LogP contribution in [0.3, 0.4) is 0 Å². The largest absolute Gasteiger partial charge is 0.497 e. The number of benzene rings is 2. The molecule has 4 rings (SSSR count). The van der Waals surface area contributed by atoms with Gasteiger partial charge in [0.1, 0.15) is 5.75 Å². The maximum atomic E-state index is 12.2. The second-order valence-electron chi connectivity index (χ2n) is 6.85. The van der Waals surface area contributed by atoms with Gasteiger partial charge in [-0.15, -0.1) is 0 Å². The van der Waals surface area contributed by atoms with E-state index in [1.54, 1.807) is 7.11 Å². The SMILES string of the molecule is COc1ccc(C2NCC3(C(=O)O)Cc4ccccc4CC23)cc1. The van der Waals surface area contributed by atoms with Gasteiger partial charge in [0.25, 0.3) is 0 Å². The van der Waals surface area contributed by atoms with E-state index >= 15 is 0 Å². The standard InChI is InChI=1S/C20H21NO3/c1-24-16-8-6-13(7-9-16)18-17-10-14-4-2-3-5-15(14)11-20(17,12-21-18)19(22)23/h2-9,17-18,21H,10-12H2,1H3,(H,22,23). The summed E-state index contributed by atoms with van der Waals surface area (Å²) in [4.78, 5) is 12.2. The molecule has 0 saturated carbocycles. The van der Waals surface area contributed by atoms with E-state index in [0.717, 1.165) is 17.7 Å². The Bertz CT molecular complexity index is 771. The molecule has 3 atom stereocenters. The Labute approximate surface area is 141 Å². The molecule has 1 aliphatic carbocycles. The second kappa shape index (κ2) is 5.64. The number of methoxy groups -OCH3 is 1. The quantitative estimate of drug-likeness (QED) is 0.912. The minimum Gasteiger partial charge on any atom is -0.497 e. The van der Waals surface area contributed by atoms with E-state index < -0.39 is 11.4 Å². The van der Waals surface area contributed by atoms with Crippen molar-refractivity contribution in [1.82, 2.24) is 5.32 Å². The third-order valence-corrected chi connectivity index (χ3v) is 5.71. The molecule has 0 radical (unpaired) electrons. The van der Waals surface area contributed by atoms with Crippen LogP contribution in [0.1, 0.15) is 22.7 Å². The number of hydrogen-bond donors (Lipinski definition) is 2. The van der Waals surface area contributed by atoms with Gasteiger partial charge in [0.15, 0.2) is 0 Å².